The van der Waals surface area contributed by atoms with Gasteiger partial charge in [0.25, 0.3) is 10.1 Å². The molecule has 1 aromatic heterocycles. The number of rotatable bonds is 4. The molecule has 0 saturated carbocycles. The van der Waals surface area contributed by atoms with Gasteiger partial charge in [0.15, 0.2) is 17.5 Å². The lowest BCUT2D eigenvalue weighted by Crippen LogP contribution is -2.47. The number of halogens is 3. The predicted octanol–water partition coefficient (Wildman–Crippen LogP) is 2.38. The molecule has 0 bridgehead atoms. The Labute approximate surface area is 189 Å². The molecule has 0 unspecified atom stereocenters. The minimum atomic E-state index is -3.67. The second-order valence-corrected chi connectivity index (χ2v) is 9.26. The molecule has 0 amide bonds. The van der Waals surface area contributed by atoms with Gasteiger partial charge >= 0.3 is 5.69 Å². The van der Waals surface area contributed by atoms with Gasteiger partial charge in [-0.2, -0.15) is 8.42 Å². The molecule has 1 fully saturated rings. The monoisotopic (exact) mass is 486 g/mol. The standard InChI is InChI=1S/C20H21F3N4O.CH4O3S/c1-13-18(22)14(21)12-17(19(13)23)26-9-6-25(7-10-26)8-11-27-16-5-3-2-4-15(16)24-20(27)28;1-5(2,3)4/h2-5,12H,6-11H2,1H3,(H,24,28);1H3,(H,2,3,4). The molecule has 0 radical (unpaired) electrons. The van der Waals surface area contributed by atoms with Crippen LogP contribution >= 0.6 is 0 Å². The molecule has 0 atom stereocenters. The van der Waals surface area contributed by atoms with Gasteiger partial charge in [-0.25, -0.2) is 18.0 Å². The minimum absolute atomic E-state index is 0.101. The number of imidazole rings is 1. The van der Waals surface area contributed by atoms with Crippen molar-refractivity contribution in [1.29, 1.82) is 0 Å². The van der Waals surface area contributed by atoms with Crippen LogP contribution in [0.4, 0.5) is 18.9 Å². The summed E-state index contributed by atoms with van der Waals surface area (Å²) >= 11 is 0. The van der Waals surface area contributed by atoms with Gasteiger partial charge in [-0.05, 0) is 19.1 Å². The van der Waals surface area contributed by atoms with Gasteiger partial charge in [-0.3, -0.25) is 14.0 Å². The van der Waals surface area contributed by atoms with E-state index in [4.69, 9.17) is 4.55 Å². The maximum Gasteiger partial charge on any atom is 0.326 e. The van der Waals surface area contributed by atoms with Crippen LogP contribution in [0.5, 0.6) is 0 Å². The summed E-state index contributed by atoms with van der Waals surface area (Å²) in [5, 5.41) is 0. The predicted molar refractivity (Wildman–Crippen MR) is 120 cm³/mol. The quantitative estimate of drug-likeness (QED) is 0.434. The molecular formula is C21H25F3N4O4S. The second-order valence-electron chi connectivity index (χ2n) is 7.79. The van der Waals surface area contributed by atoms with Crippen molar-refractivity contribution in [1.82, 2.24) is 14.5 Å². The minimum Gasteiger partial charge on any atom is -0.367 e. The van der Waals surface area contributed by atoms with E-state index in [2.05, 4.69) is 9.88 Å². The molecule has 1 aliphatic rings. The van der Waals surface area contributed by atoms with Crippen LogP contribution in [0.25, 0.3) is 11.0 Å². The van der Waals surface area contributed by atoms with E-state index in [1.165, 1.54) is 6.92 Å². The molecule has 8 nitrogen and oxygen atoms in total. The maximum atomic E-state index is 14.3. The van der Waals surface area contributed by atoms with E-state index in [0.29, 0.717) is 45.5 Å². The van der Waals surface area contributed by atoms with Crippen molar-refractivity contribution in [2.45, 2.75) is 13.5 Å². The Balaban J connectivity index is 0.000000555. The van der Waals surface area contributed by atoms with Crippen LogP contribution in [0, 0.1) is 24.4 Å². The van der Waals surface area contributed by atoms with Crippen molar-refractivity contribution in [2.24, 2.45) is 0 Å². The first-order valence-electron chi connectivity index (χ1n) is 10.2. The summed E-state index contributed by atoms with van der Waals surface area (Å²) in [4.78, 5) is 18.9. The van der Waals surface area contributed by atoms with Crippen LogP contribution in [0.15, 0.2) is 35.1 Å². The topological polar surface area (TPSA) is 98.6 Å². The molecule has 12 heteroatoms. The normalized spacial score (nSPS) is 14.9. The van der Waals surface area contributed by atoms with E-state index in [0.717, 1.165) is 17.1 Å². The van der Waals surface area contributed by atoms with Crippen molar-refractivity contribution in [2.75, 3.05) is 43.9 Å². The van der Waals surface area contributed by atoms with Crippen molar-refractivity contribution >= 4 is 26.8 Å². The lowest BCUT2D eigenvalue weighted by Gasteiger charge is -2.36. The van der Waals surface area contributed by atoms with E-state index in [1.807, 2.05) is 24.3 Å². The first-order chi connectivity index (χ1) is 15.5. The number of hydrogen-bond acceptors (Lipinski definition) is 5. The SMILES string of the molecule is CS(=O)(=O)O.Cc1c(F)c(F)cc(N2CCN(CCn3c(=O)[nH]c4ccccc43)CC2)c1F. The van der Waals surface area contributed by atoms with Crippen LogP contribution in [-0.4, -0.2) is 66.4 Å². The number of hydrogen-bond donors (Lipinski definition) is 2. The van der Waals surface area contributed by atoms with Crippen LogP contribution in [0.3, 0.4) is 0 Å². The van der Waals surface area contributed by atoms with E-state index in [-0.39, 0.29) is 16.9 Å². The van der Waals surface area contributed by atoms with Crippen LogP contribution in [-0.2, 0) is 16.7 Å². The number of H-pyrrole nitrogens is 1. The third kappa shape index (κ3) is 6.15. The summed E-state index contributed by atoms with van der Waals surface area (Å²) in [6.07, 6.45) is 0.715. The number of piperazine rings is 1. The van der Waals surface area contributed by atoms with E-state index in [9.17, 15) is 26.4 Å². The number of aromatic nitrogens is 2. The molecule has 0 spiro atoms. The Hall–Kier alpha value is -2.83. The Kier molecular flexibility index (Phi) is 7.50. The number of nitrogens with one attached hydrogen (secondary N) is 1. The first kappa shape index (κ1) is 24.8. The van der Waals surface area contributed by atoms with Crippen molar-refractivity contribution in [3.63, 3.8) is 0 Å². The van der Waals surface area contributed by atoms with E-state index < -0.39 is 27.6 Å². The lowest BCUT2D eigenvalue weighted by atomic mass is 10.1. The van der Waals surface area contributed by atoms with Crippen LogP contribution < -0.4 is 10.6 Å². The zero-order valence-corrected chi connectivity index (χ0v) is 19.0. The number of benzene rings is 2. The average Bonchev–Trinajstić information content (AvgIpc) is 3.07. The highest BCUT2D eigenvalue weighted by molar-refractivity contribution is 7.85. The molecule has 33 heavy (non-hydrogen) atoms. The fourth-order valence-corrected chi connectivity index (χ4v) is 3.73. The zero-order valence-electron chi connectivity index (χ0n) is 18.2. The van der Waals surface area contributed by atoms with Crippen LogP contribution in [0.1, 0.15) is 5.56 Å². The summed E-state index contributed by atoms with van der Waals surface area (Å²) in [5.41, 5.74) is 1.34. The maximum absolute atomic E-state index is 14.3. The highest BCUT2D eigenvalue weighted by Gasteiger charge is 2.23. The van der Waals surface area contributed by atoms with E-state index >= 15 is 0 Å². The summed E-state index contributed by atoms with van der Waals surface area (Å²) in [6.45, 7) is 4.76. The third-order valence-corrected chi connectivity index (χ3v) is 5.39. The Morgan fingerprint density at radius 3 is 2.27 bits per heavy atom. The number of nitrogens with zero attached hydrogens (tertiary/aromatic N) is 3. The molecule has 4 rings (SSSR count). The van der Waals surface area contributed by atoms with Gasteiger partial charge in [-0.15, -0.1) is 0 Å². The number of anilines is 1. The van der Waals surface area contributed by atoms with Crippen molar-refractivity contribution < 1.29 is 26.1 Å². The van der Waals surface area contributed by atoms with Gasteiger partial charge in [0.05, 0.1) is 23.0 Å². The molecule has 3 aromatic rings. The fraction of sp³-hybridized carbons (Fsp3) is 0.381. The number of aromatic amines is 1. The van der Waals surface area contributed by atoms with Gasteiger partial charge in [0, 0.05) is 50.9 Å². The highest BCUT2D eigenvalue weighted by atomic mass is 32.2. The molecule has 1 saturated heterocycles. The molecule has 0 aliphatic carbocycles. The Morgan fingerprint density at radius 2 is 1.64 bits per heavy atom. The Morgan fingerprint density at radius 1 is 1.03 bits per heavy atom. The van der Waals surface area contributed by atoms with Gasteiger partial charge in [-0.1, -0.05) is 12.1 Å². The third-order valence-electron chi connectivity index (χ3n) is 5.39. The molecule has 2 aromatic carbocycles. The number of para-hydroxylation sites is 2. The van der Waals surface area contributed by atoms with E-state index in [1.54, 1.807) is 9.47 Å². The molecular weight excluding hydrogens is 461 g/mol. The second kappa shape index (κ2) is 9.98. The summed E-state index contributed by atoms with van der Waals surface area (Å²) in [5.74, 6) is -2.88. The first-order valence-corrected chi connectivity index (χ1v) is 12.0. The van der Waals surface area contributed by atoms with Crippen molar-refractivity contribution in [3.05, 3.63) is 63.8 Å². The van der Waals surface area contributed by atoms with Crippen molar-refractivity contribution in [3.8, 4) is 0 Å². The Bertz CT molecular complexity index is 1290. The van der Waals surface area contributed by atoms with Gasteiger partial charge in [0.2, 0.25) is 0 Å². The largest absolute Gasteiger partial charge is 0.367 e. The molecule has 2 N–H and O–H groups in total. The molecule has 1 aliphatic heterocycles. The lowest BCUT2D eigenvalue weighted by molar-refractivity contribution is 0.247. The van der Waals surface area contributed by atoms with Gasteiger partial charge < -0.3 is 9.88 Å². The average molecular weight is 487 g/mol. The molecule has 2 heterocycles. The summed E-state index contributed by atoms with van der Waals surface area (Å²) in [6, 6.07) is 8.47. The smallest absolute Gasteiger partial charge is 0.326 e. The number of fused-ring (bicyclic) bond motifs is 1. The zero-order chi connectivity index (χ0) is 24.3. The van der Waals surface area contributed by atoms with Gasteiger partial charge in [0.1, 0.15) is 0 Å². The van der Waals surface area contributed by atoms with Crippen LogP contribution in [0.2, 0.25) is 0 Å². The summed E-state index contributed by atoms with van der Waals surface area (Å²) in [7, 11) is -3.67. The summed E-state index contributed by atoms with van der Waals surface area (Å²) < 4.78 is 69.1. The highest BCUT2D eigenvalue weighted by Crippen LogP contribution is 2.27. The fourth-order valence-electron chi connectivity index (χ4n) is 3.73. The molecule has 180 valence electrons.